The molecule has 98 valence electrons. The molecule has 0 saturated heterocycles. The molecule has 1 aromatic heterocycles. The molecule has 0 spiro atoms. The number of pyridine rings is 1. The van der Waals surface area contributed by atoms with Crippen molar-refractivity contribution in [2.45, 2.75) is 0 Å². The van der Waals surface area contributed by atoms with Crippen LogP contribution >= 0.6 is 27.5 Å². The summed E-state index contributed by atoms with van der Waals surface area (Å²) in [7, 11) is 0. The van der Waals surface area contributed by atoms with Crippen molar-refractivity contribution in [1.82, 2.24) is 4.98 Å². The van der Waals surface area contributed by atoms with Crippen LogP contribution in [0.1, 0.15) is 10.4 Å². The molecule has 2 aromatic rings. The number of aromatic nitrogens is 1. The zero-order valence-electron chi connectivity index (χ0n) is 9.32. The second kappa shape index (κ2) is 5.54. The summed E-state index contributed by atoms with van der Waals surface area (Å²) in [4.78, 5) is 15.0. The van der Waals surface area contributed by atoms with Crippen LogP contribution in [-0.2, 0) is 0 Å². The van der Waals surface area contributed by atoms with Gasteiger partial charge in [-0.1, -0.05) is 11.6 Å². The Morgan fingerprint density at radius 1 is 1.47 bits per heavy atom. The average Bonchev–Trinajstić information content (AvgIpc) is 2.34. The molecule has 0 radical (unpaired) electrons. The number of carbonyl (C=O) groups is 1. The minimum absolute atomic E-state index is 0.00482. The summed E-state index contributed by atoms with van der Waals surface area (Å²) in [6, 6.07) is 5.26. The van der Waals surface area contributed by atoms with Gasteiger partial charge in [-0.05, 0) is 40.2 Å². The van der Waals surface area contributed by atoms with E-state index in [-0.39, 0.29) is 16.4 Å². The van der Waals surface area contributed by atoms with E-state index in [0.717, 1.165) is 6.07 Å². The van der Waals surface area contributed by atoms with Crippen molar-refractivity contribution in [2.75, 3.05) is 5.32 Å². The van der Waals surface area contributed by atoms with Gasteiger partial charge in [-0.2, -0.15) is 0 Å². The van der Waals surface area contributed by atoms with Crippen molar-refractivity contribution in [3.8, 4) is 0 Å². The number of hydrogen-bond donors (Lipinski definition) is 2. The van der Waals surface area contributed by atoms with Gasteiger partial charge in [-0.3, -0.25) is 0 Å². The first-order valence-corrected chi connectivity index (χ1v) is 6.26. The molecule has 0 fully saturated rings. The first-order valence-electron chi connectivity index (χ1n) is 5.09. The van der Waals surface area contributed by atoms with E-state index in [4.69, 9.17) is 16.7 Å². The number of carboxylic acids is 1. The van der Waals surface area contributed by atoms with Crippen molar-refractivity contribution in [1.29, 1.82) is 0 Å². The molecule has 0 unspecified atom stereocenters. The van der Waals surface area contributed by atoms with Crippen molar-refractivity contribution < 1.29 is 14.3 Å². The molecule has 1 heterocycles. The van der Waals surface area contributed by atoms with Crippen LogP contribution in [-0.4, -0.2) is 16.1 Å². The minimum atomic E-state index is -1.12. The highest BCUT2D eigenvalue weighted by molar-refractivity contribution is 9.10. The van der Waals surface area contributed by atoms with Crippen molar-refractivity contribution in [2.24, 2.45) is 0 Å². The molecular formula is C12H7BrClFN2O2. The maximum Gasteiger partial charge on any atom is 0.339 e. The molecule has 19 heavy (non-hydrogen) atoms. The first-order chi connectivity index (χ1) is 8.99. The molecular weight excluding hydrogens is 338 g/mol. The Balaban J connectivity index is 2.45. The highest BCUT2D eigenvalue weighted by Gasteiger charge is 2.14. The van der Waals surface area contributed by atoms with Crippen LogP contribution in [0.5, 0.6) is 0 Å². The molecule has 0 saturated carbocycles. The van der Waals surface area contributed by atoms with Gasteiger partial charge in [0.2, 0.25) is 0 Å². The SMILES string of the molecule is O=C(O)c1cccnc1Nc1c(Cl)cc(F)cc1Br. The van der Waals surface area contributed by atoms with Gasteiger partial charge in [0.1, 0.15) is 17.2 Å². The lowest BCUT2D eigenvalue weighted by molar-refractivity contribution is 0.0697. The highest BCUT2D eigenvalue weighted by Crippen LogP contribution is 2.34. The number of nitrogens with one attached hydrogen (secondary N) is 1. The number of carboxylic acid groups (broad SMARTS) is 1. The van der Waals surface area contributed by atoms with Crippen molar-refractivity contribution in [3.63, 3.8) is 0 Å². The maximum atomic E-state index is 13.1. The molecule has 7 heteroatoms. The van der Waals surface area contributed by atoms with Gasteiger partial charge in [-0.25, -0.2) is 14.2 Å². The fourth-order valence-corrected chi connectivity index (χ4v) is 2.36. The zero-order chi connectivity index (χ0) is 14.0. The lowest BCUT2D eigenvalue weighted by Crippen LogP contribution is -2.05. The van der Waals surface area contributed by atoms with Crippen LogP contribution in [0.15, 0.2) is 34.9 Å². The summed E-state index contributed by atoms with van der Waals surface area (Å²) < 4.78 is 13.5. The normalized spacial score (nSPS) is 10.3. The molecule has 0 bridgehead atoms. The van der Waals surface area contributed by atoms with E-state index in [2.05, 4.69) is 26.2 Å². The maximum absolute atomic E-state index is 13.1. The third-order valence-electron chi connectivity index (χ3n) is 2.29. The Morgan fingerprint density at radius 3 is 2.84 bits per heavy atom. The summed E-state index contributed by atoms with van der Waals surface area (Å²) in [5, 5.41) is 11.9. The van der Waals surface area contributed by atoms with Gasteiger partial charge in [0.05, 0.1) is 10.7 Å². The van der Waals surface area contributed by atoms with Crippen LogP contribution in [0.4, 0.5) is 15.9 Å². The summed E-state index contributed by atoms with van der Waals surface area (Å²) in [5.74, 6) is -1.49. The fraction of sp³-hybridized carbons (Fsp3) is 0. The van der Waals surface area contributed by atoms with Crippen LogP contribution in [0, 0.1) is 5.82 Å². The number of anilines is 2. The predicted molar refractivity (Wildman–Crippen MR) is 73.6 cm³/mol. The van der Waals surface area contributed by atoms with E-state index in [1.54, 1.807) is 0 Å². The van der Waals surface area contributed by atoms with Gasteiger partial charge >= 0.3 is 5.97 Å². The Morgan fingerprint density at radius 2 is 2.21 bits per heavy atom. The monoisotopic (exact) mass is 344 g/mol. The second-order valence-electron chi connectivity index (χ2n) is 3.57. The van der Waals surface area contributed by atoms with E-state index in [1.165, 1.54) is 24.4 Å². The van der Waals surface area contributed by atoms with Gasteiger partial charge in [-0.15, -0.1) is 0 Å². The largest absolute Gasteiger partial charge is 0.478 e. The summed E-state index contributed by atoms with van der Waals surface area (Å²) in [6.07, 6.45) is 1.44. The fourth-order valence-electron chi connectivity index (χ4n) is 1.46. The molecule has 4 nitrogen and oxygen atoms in total. The molecule has 0 amide bonds. The molecule has 2 N–H and O–H groups in total. The van der Waals surface area contributed by atoms with Crippen LogP contribution in [0.2, 0.25) is 5.02 Å². The van der Waals surface area contributed by atoms with Gasteiger partial charge in [0, 0.05) is 10.7 Å². The second-order valence-corrected chi connectivity index (χ2v) is 4.84. The summed E-state index contributed by atoms with van der Waals surface area (Å²) in [5.41, 5.74) is 0.346. The Kier molecular flexibility index (Phi) is 4.01. The predicted octanol–water partition coefficient (Wildman–Crippen LogP) is 4.08. The standard InChI is InChI=1S/C12H7BrClFN2O2/c13-8-4-6(15)5-9(14)10(8)17-11-7(12(18)19)2-1-3-16-11/h1-5H,(H,16,17)(H,18,19). The number of halogens is 3. The van der Waals surface area contributed by atoms with Crippen molar-refractivity contribution >= 4 is 45.0 Å². The summed E-state index contributed by atoms with van der Waals surface area (Å²) in [6.45, 7) is 0. The number of hydrogen-bond acceptors (Lipinski definition) is 3. The summed E-state index contributed by atoms with van der Waals surface area (Å²) >= 11 is 9.06. The highest BCUT2D eigenvalue weighted by atomic mass is 79.9. The molecule has 0 atom stereocenters. The smallest absolute Gasteiger partial charge is 0.339 e. The van der Waals surface area contributed by atoms with Crippen molar-refractivity contribution in [3.05, 3.63) is 51.3 Å². The zero-order valence-corrected chi connectivity index (χ0v) is 11.7. The molecule has 0 aliphatic carbocycles. The Hall–Kier alpha value is -1.66. The minimum Gasteiger partial charge on any atom is -0.478 e. The Bertz CT molecular complexity index is 628. The molecule has 1 aromatic carbocycles. The van der Waals surface area contributed by atoms with Crippen LogP contribution in [0.3, 0.4) is 0 Å². The third kappa shape index (κ3) is 3.02. The van der Waals surface area contributed by atoms with Crippen LogP contribution in [0.25, 0.3) is 0 Å². The van der Waals surface area contributed by atoms with E-state index in [9.17, 15) is 9.18 Å². The number of aromatic carboxylic acids is 1. The molecule has 2 rings (SSSR count). The molecule has 0 aliphatic heterocycles. The van der Waals surface area contributed by atoms with E-state index in [0.29, 0.717) is 10.2 Å². The van der Waals surface area contributed by atoms with Gasteiger partial charge < -0.3 is 10.4 Å². The number of nitrogens with zero attached hydrogens (tertiary/aromatic N) is 1. The lowest BCUT2D eigenvalue weighted by Gasteiger charge is -2.11. The Labute approximate surface area is 121 Å². The third-order valence-corrected chi connectivity index (χ3v) is 3.21. The van der Waals surface area contributed by atoms with E-state index in [1.807, 2.05) is 0 Å². The van der Waals surface area contributed by atoms with E-state index >= 15 is 0 Å². The average molecular weight is 346 g/mol. The topological polar surface area (TPSA) is 62.2 Å². The number of benzene rings is 1. The first kappa shape index (κ1) is 13.8. The van der Waals surface area contributed by atoms with Crippen LogP contribution < -0.4 is 5.32 Å². The quantitative estimate of drug-likeness (QED) is 0.880. The molecule has 0 aliphatic rings. The lowest BCUT2D eigenvalue weighted by atomic mass is 10.2. The van der Waals surface area contributed by atoms with Gasteiger partial charge in [0.15, 0.2) is 0 Å². The van der Waals surface area contributed by atoms with E-state index < -0.39 is 11.8 Å². The number of rotatable bonds is 3. The van der Waals surface area contributed by atoms with Gasteiger partial charge in [0.25, 0.3) is 0 Å².